The van der Waals surface area contributed by atoms with Gasteiger partial charge in [-0.15, -0.1) is 0 Å². The first-order valence-electron chi connectivity index (χ1n) is 17.8. The molecule has 1 heterocycles. The number of aromatic nitrogens is 2. The minimum atomic E-state index is -4.49. The lowest BCUT2D eigenvalue weighted by molar-refractivity contribution is -0.124. The summed E-state index contributed by atoms with van der Waals surface area (Å²) in [5, 5.41) is 20.6. The number of benzene rings is 3. The molecule has 3 aromatic carbocycles. The average Bonchev–Trinajstić information content (AvgIpc) is 3.54. The van der Waals surface area contributed by atoms with E-state index in [2.05, 4.69) is 20.5 Å². The van der Waals surface area contributed by atoms with Crippen LogP contribution in [0.3, 0.4) is 0 Å². The zero-order valence-corrected chi connectivity index (χ0v) is 31.4. The highest BCUT2D eigenvalue weighted by Crippen LogP contribution is 2.35. The highest BCUT2D eigenvalue weighted by Gasteiger charge is 2.32. The Hall–Kier alpha value is -4.14. The number of ether oxygens (including phenoxy) is 2. The molecule has 2 aliphatic rings. The molecule has 0 radical (unpaired) electrons. The normalized spacial score (nSPS) is 20.4. The number of rotatable bonds is 14. The topological polar surface area (TPSA) is 161 Å². The van der Waals surface area contributed by atoms with Crippen LogP contribution in [0, 0.1) is 0 Å². The number of phenolic OH excluding ortho intramolecular Hbond substituents is 1. The Morgan fingerprint density at radius 2 is 1.34 bits per heavy atom. The second kappa shape index (κ2) is 17.8. The molecule has 12 nitrogen and oxygen atoms in total. The van der Waals surface area contributed by atoms with Crippen LogP contribution < -0.4 is 15.4 Å². The smallest absolute Gasteiger partial charge is 0.269 e. The van der Waals surface area contributed by atoms with E-state index < -0.39 is 32.5 Å². The van der Waals surface area contributed by atoms with E-state index in [4.69, 9.17) is 32.7 Å². The first kappa shape index (κ1) is 38.6. The number of anilines is 1. The van der Waals surface area contributed by atoms with Crippen molar-refractivity contribution in [3.8, 4) is 5.75 Å². The fourth-order valence-electron chi connectivity index (χ4n) is 6.82. The number of sulfonamides is 1. The summed E-state index contributed by atoms with van der Waals surface area (Å²) < 4.78 is 42.8. The maximum atomic E-state index is 14.0. The molecule has 0 spiro atoms. The third kappa shape index (κ3) is 10.3. The van der Waals surface area contributed by atoms with Gasteiger partial charge >= 0.3 is 0 Å². The molecule has 0 aliphatic heterocycles. The van der Waals surface area contributed by atoms with Gasteiger partial charge < -0.3 is 25.2 Å². The highest BCUT2D eigenvalue weighted by molar-refractivity contribution is 7.92. The van der Waals surface area contributed by atoms with Crippen LogP contribution in [0.4, 0.5) is 5.82 Å². The fourth-order valence-corrected chi connectivity index (χ4v) is 8.56. The van der Waals surface area contributed by atoms with Gasteiger partial charge in [-0.3, -0.25) is 14.3 Å². The average molecular weight is 785 g/mol. The van der Waals surface area contributed by atoms with Gasteiger partial charge in [0.15, 0.2) is 11.6 Å². The summed E-state index contributed by atoms with van der Waals surface area (Å²) in [5.41, 5.74) is 2.00. The molecule has 15 heteroatoms. The molecule has 0 saturated heterocycles. The highest BCUT2D eigenvalue weighted by atomic mass is 35.5. The van der Waals surface area contributed by atoms with Crippen LogP contribution in [0.5, 0.6) is 5.75 Å². The molecule has 4 atom stereocenters. The van der Waals surface area contributed by atoms with Gasteiger partial charge in [-0.1, -0.05) is 110 Å². The van der Waals surface area contributed by atoms with Crippen molar-refractivity contribution >= 4 is 50.9 Å². The second-order valence-electron chi connectivity index (χ2n) is 13.4. The van der Waals surface area contributed by atoms with Gasteiger partial charge in [0.05, 0.1) is 42.5 Å². The number of carbonyl (C=O) groups is 2. The maximum Gasteiger partial charge on any atom is 0.269 e. The van der Waals surface area contributed by atoms with Crippen molar-refractivity contribution < 1.29 is 32.6 Å². The Bertz CT molecular complexity index is 1980. The predicted octanol–water partition coefficient (Wildman–Crippen LogP) is 6.60. The van der Waals surface area contributed by atoms with Crippen molar-refractivity contribution in [1.82, 2.24) is 20.4 Å². The Labute approximate surface area is 319 Å². The van der Waals surface area contributed by atoms with E-state index in [1.807, 2.05) is 60.7 Å². The number of nitrogens with one attached hydrogen (secondary N) is 3. The summed E-state index contributed by atoms with van der Waals surface area (Å²) in [5.74, 6) is -1.92. The van der Waals surface area contributed by atoms with Gasteiger partial charge in [-0.2, -0.15) is 5.10 Å². The van der Waals surface area contributed by atoms with E-state index in [0.29, 0.717) is 19.6 Å². The van der Waals surface area contributed by atoms with E-state index in [1.54, 1.807) is 0 Å². The van der Waals surface area contributed by atoms with Gasteiger partial charge in [0.2, 0.25) is 5.91 Å². The largest absolute Gasteiger partial charge is 0.505 e. The molecule has 4 aromatic rings. The first-order chi connectivity index (χ1) is 25.6. The number of amides is 2. The number of carbonyl (C=O) groups excluding carboxylic acids is 2. The third-order valence-corrected chi connectivity index (χ3v) is 11.4. The minimum Gasteiger partial charge on any atom is -0.505 e. The van der Waals surface area contributed by atoms with Crippen LogP contribution >= 0.6 is 23.2 Å². The van der Waals surface area contributed by atoms with E-state index >= 15 is 0 Å². The van der Waals surface area contributed by atoms with Crippen molar-refractivity contribution in [2.75, 3.05) is 4.72 Å². The molecule has 1 aromatic heterocycles. The molecule has 0 unspecified atom stereocenters. The van der Waals surface area contributed by atoms with E-state index in [-0.39, 0.29) is 52.4 Å². The van der Waals surface area contributed by atoms with Crippen molar-refractivity contribution in [3.63, 3.8) is 0 Å². The zero-order chi connectivity index (χ0) is 37.4. The lowest BCUT2D eigenvalue weighted by Crippen LogP contribution is -2.48. The number of hydrogen-bond donors (Lipinski definition) is 4. The summed E-state index contributed by atoms with van der Waals surface area (Å²) in [6, 6.07) is 22.5. The third-order valence-electron chi connectivity index (χ3n) is 9.51. The van der Waals surface area contributed by atoms with Gasteiger partial charge in [-0.25, -0.2) is 13.1 Å². The molecule has 53 heavy (non-hydrogen) atoms. The van der Waals surface area contributed by atoms with Crippen LogP contribution in [0.1, 0.15) is 73.0 Å². The van der Waals surface area contributed by atoms with Crippen LogP contribution in [0.2, 0.25) is 10.0 Å². The monoisotopic (exact) mass is 783 g/mol. The summed E-state index contributed by atoms with van der Waals surface area (Å²) in [6.07, 6.45) is 6.24. The summed E-state index contributed by atoms with van der Waals surface area (Å²) in [6.45, 7) is 0.425. The standard InChI is InChI=1S/C38H43Cl2N5O7S/c39-27-19-28(40)37(47)34(20-27)53(49,50)44-35-21-31(38(48)42-30-16-8-10-18-33(30)52-24-26-13-5-2-6-14-26)45(43-35)22-36(46)41-29-15-7-9-17-32(29)51-23-25-11-3-1-4-12-25/h1-6,11-14,19-21,29-30,32-33,47H,7-10,15-18,22-24H2,(H,41,46)(H,42,48)(H,43,44)/t29-,30-,32-,33-/m0/s1. The SMILES string of the molecule is O=C(Cn1nc(NS(=O)(=O)c2cc(Cl)cc(Cl)c2O)cc1C(=O)N[C@H]1CCCC[C@@H]1OCc1ccccc1)N[C@H]1CCCC[C@@H]1OCc1ccccc1. The molecule has 2 aliphatic carbocycles. The van der Waals surface area contributed by atoms with Crippen LogP contribution in [0.15, 0.2) is 83.8 Å². The van der Waals surface area contributed by atoms with Gasteiger partial charge in [0.1, 0.15) is 17.1 Å². The Morgan fingerprint density at radius 3 is 1.92 bits per heavy atom. The summed E-state index contributed by atoms with van der Waals surface area (Å²) in [7, 11) is -4.49. The van der Waals surface area contributed by atoms with Crippen LogP contribution in [0.25, 0.3) is 0 Å². The molecule has 0 bridgehead atoms. The molecular weight excluding hydrogens is 741 g/mol. The predicted molar refractivity (Wildman–Crippen MR) is 201 cm³/mol. The van der Waals surface area contributed by atoms with E-state index in [1.165, 1.54) is 16.8 Å². The second-order valence-corrected chi connectivity index (χ2v) is 15.9. The van der Waals surface area contributed by atoms with Gasteiger partial charge in [0, 0.05) is 11.1 Å². The Morgan fingerprint density at radius 1 is 0.792 bits per heavy atom. The van der Waals surface area contributed by atoms with Crippen molar-refractivity contribution in [1.29, 1.82) is 0 Å². The fraction of sp³-hybridized carbons (Fsp3) is 0.395. The van der Waals surface area contributed by atoms with E-state index in [9.17, 15) is 23.1 Å². The number of phenols is 1. The maximum absolute atomic E-state index is 14.0. The number of hydrogen-bond acceptors (Lipinski definition) is 8. The lowest BCUT2D eigenvalue weighted by Gasteiger charge is -2.32. The molecule has 4 N–H and O–H groups in total. The molecule has 2 fully saturated rings. The summed E-state index contributed by atoms with van der Waals surface area (Å²) >= 11 is 12.0. The molecular formula is C38H43Cl2N5O7S. The lowest BCUT2D eigenvalue weighted by atomic mass is 9.92. The molecule has 282 valence electrons. The molecule has 2 amide bonds. The Balaban J connectivity index is 1.20. The molecule has 2 saturated carbocycles. The number of aromatic hydroxyl groups is 1. The molecule has 6 rings (SSSR count). The first-order valence-corrected chi connectivity index (χ1v) is 20.0. The van der Waals surface area contributed by atoms with Gasteiger partial charge in [0.25, 0.3) is 15.9 Å². The number of halogens is 2. The quantitative estimate of drug-likeness (QED) is 0.111. The Kier molecular flexibility index (Phi) is 12.9. The zero-order valence-electron chi connectivity index (χ0n) is 29.0. The van der Waals surface area contributed by atoms with Crippen LogP contribution in [-0.4, -0.2) is 59.4 Å². The van der Waals surface area contributed by atoms with Crippen molar-refractivity contribution in [3.05, 3.63) is 106 Å². The summed E-state index contributed by atoms with van der Waals surface area (Å²) in [4.78, 5) is 27.0. The van der Waals surface area contributed by atoms with Gasteiger partial charge in [-0.05, 0) is 48.9 Å². The number of nitrogens with zero attached hydrogens (tertiary/aromatic N) is 2. The minimum absolute atomic E-state index is 0.0132. The van der Waals surface area contributed by atoms with E-state index in [0.717, 1.165) is 62.1 Å². The van der Waals surface area contributed by atoms with Crippen molar-refractivity contribution in [2.24, 2.45) is 0 Å². The van der Waals surface area contributed by atoms with Crippen LogP contribution in [-0.2, 0) is 44.1 Å². The van der Waals surface area contributed by atoms with Crippen molar-refractivity contribution in [2.45, 2.75) is 100 Å².